The van der Waals surface area contributed by atoms with Crippen LogP contribution in [0.1, 0.15) is 33.1 Å². The lowest BCUT2D eigenvalue weighted by atomic mass is 9.92. The minimum atomic E-state index is -0.364. The van der Waals surface area contributed by atoms with Gasteiger partial charge in [-0.15, -0.1) is 0 Å². The molecule has 0 spiro atoms. The fraction of sp³-hybridized carbons (Fsp3) is 0.100. The smallest absolute Gasteiger partial charge is 0.259 e. The van der Waals surface area contributed by atoms with Gasteiger partial charge in [0.1, 0.15) is 0 Å². The van der Waals surface area contributed by atoms with Crippen LogP contribution in [0.15, 0.2) is 91.0 Å². The maximum Gasteiger partial charge on any atom is 0.259 e. The Morgan fingerprint density at radius 2 is 1.51 bits per heavy atom. The average Bonchev–Trinajstić information content (AvgIpc) is 3.32. The number of amides is 1. The van der Waals surface area contributed by atoms with Crippen molar-refractivity contribution in [2.24, 2.45) is 7.05 Å². The number of benzene rings is 4. The molecule has 1 aliphatic rings. The molecule has 0 fully saturated rings. The lowest BCUT2D eigenvalue weighted by Crippen LogP contribution is -2.29. The van der Waals surface area contributed by atoms with Crippen molar-refractivity contribution in [2.75, 3.05) is 4.90 Å². The molecule has 0 aliphatic carbocycles. The molecule has 1 aliphatic heterocycles. The highest BCUT2D eigenvalue weighted by atomic mass is 35.5. The number of carbonyl (C=O) groups is 1. The first-order chi connectivity index (χ1) is 17.0. The van der Waals surface area contributed by atoms with Gasteiger partial charge in [0.2, 0.25) is 0 Å². The Morgan fingerprint density at radius 1 is 0.800 bits per heavy atom. The molecule has 0 bridgehead atoms. The van der Waals surface area contributed by atoms with Gasteiger partial charge < -0.3 is 4.57 Å². The van der Waals surface area contributed by atoms with Gasteiger partial charge >= 0.3 is 0 Å². The number of para-hydroxylation sites is 1. The van der Waals surface area contributed by atoms with E-state index < -0.39 is 0 Å². The van der Waals surface area contributed by atoms with Crippen molar-refractivity contribution in [1.82, 2.24) is 4.57 Å². The summed E-state index contributed by atoms with van der Waals surface area (Å²) in [5, 5.41) is 1.89. The number of aryl methyl sites for hydroxylation is 2. The normalized spacial score (nSPS) is 15.1. The van der Waals surface area contributed by atoms with E-state index in [1.165, 1.54) is 5.56 Å². The molecule has 1 amide bonds. The van der Waals surface area contributed by atoms with E-state index in [0.29, 0.717) is 21.3 Å². The monoisotopic (exact) mass is 496 g/mol. The van der Waals surface area contributed by atoms with Gasteiger partial charge in [0.05, 0.1) is 27.5 Å². The van der Waals surface area contributed by atoms with Crippen molar-refractivity contribution >= 4 is 45.7 Å². The average molecular weight is 497 g/mol. The predicted octanol–water partition coefficient (Wildman–Crippen LogP) is 8.21. The van der Waals surface area contributed by atoms with E-state index >= 15 is 0 Å². The van der Waals surface area contributed by atoms with Crippen molar-refractivity contribution in [3.05, 3.63) is 123 Å². The minimum Gasteiger partial charge on any atom is -0.343 e. The summed E-state index contributed by atoms with van der Waals surface area (Å²) in [6.45, 7) is 2.08. The number of aromatic nitrogens is 1. The summed E-state index contributed by atoms with van der Waals surface area (Å²) < 4.78 is 2.22. The highest BCUT2D eigenvalue weighted by Crippen LogP contribution is 2.49. The summed E-state index contributed by atoms with van der Waals surface area (Å²) in [6, 6.07) is 29.8. The Kier molecular flexibility index (Phi) is 5.21. The number of halogens is 2. The van der Waals surface area contributed by atoms with Gasteiger partial charge in [-0.1, -0.05) is 95.5 Å². The second kappa shape index (κ2) is 8.30. The highest BCUT2D eigenvalue weighted by molar-refractivity contribution is 6.44. The third-order valence-electron chi connectivity index (χ3n) is 6.90. The molecule has 3 nitrogen and oxygen atoms in total. The first-order valence-electron chi connectivity index (χ1n) is 11.5. The molecule has 0 saturated carbocycles. The van der Waals surface area contributed by atoms with E-state index in [4.69, 9.17) is 23.2 Å². The van der Waals surface area contributed by atoms with E-state index in [-0.39, 0.29) is 11.9 Å². The Labute approximate surface area is 214 Å². The predicted molar refractivity (Wildman–Crippen MR) is 145 cm³/mol. The van der Waals surface area contributed by atoms with Gasteiger partial charge in [-0.3, -0.25) is 9.69 Å². The first kappa shape index (κ1) is 22.0. The Bertz CT molecular complexity index is 1620. The Morgan fingerprint density at radius 3 is 2.31 bits per heavy atom. The van der Waals surface area contributed by atoms with Crippen LogP contribution in [0.2, 0.25) is 10.0 Å². The summed E-state index contributed by atoms with van der Waals surface area (Å²) in [7, 11) is 2.08. The van der Waals surface area contributed by atoms with Crippen LogP contribution in [0.3, 0.4) is 0 Å². The van der Waals surface area contributed by atoms with Crippen molar-refractivity contribution in [1.29, 1.82) is 0 Å². The molecule has 172 valence electrons. The van der Waals surface area contributed by atoms with E-state index in [0.717, 1.165) is 33.3 Å². The standard InChI is InChI=1S/C30H22Cl2N2O/c1-18-14-16-19(17-15-18)28-26(22-10-5-6-12-24(22)33(28)2)29-20-8-3-4-9-21(20)30(35)34(29)25-13-7-11-23(31)27(25)32/h3-17,29H,1-2H3. The highest BCUT2D eigenvalue weighted by Gasteiger charge is 2.42. The maximum absolute atomic E-state index is 13.9. The first-order valence-corrected chi connectivity index (χ1v) is 12.2. The summed E-state index contributed by atoms with van der Waals surface area (Å²) >= 11 is 13.1. The maximum atomic E-state index is 13.9. The summed E-state index contributed by atoms with van der Waals surface area (Å²) in [5.74, 6) is -0.0856. The van der Waals surface area contributed by atoms with Crippen LogP contribution in [-0.2, 0) is 7.05 Å². The number of nitrogens with zero attached hydrogens (tertiary/aromatic N) is 2. The zero-order valence-corrected chi connectivity index (χ0v) is 20.8. The van der Waals surface area contributed by atoms with Gasteiger partial charge in [-0.05, 0) is 42.3 Å². The molecule has 0 saturated heterocycles. The van der Waals surface area contributed by atoms with Gasteiger partial charge in [-0.25, -0.2) is 0 Å². The van der Waals surface area contributed by atoms with Crippen LogP contribution in [0, 0.1) is 6.92 Å². The molecule has 2 heterocycles. The molecular weight excluding hydrogens is 475 g/mol. The third kappa shape index (κ3) is 3.30. The number of fused-ring (bicyclic) bond motifs is 2. The molecule has 0 radical (unpaired) electrons. The number of rotatable bonds is 3. The summed E-state index contributed by atoms with van der Waals surface area (Å²) in [6.07, 6.45) is 0. The van der Waals surface area contributed by atoms with E-state index in [2.05, 4.69) is 54.9 Å². The Balaban J connectivity index is 1.72. The molecule has 4 aromatic carbocycles. The van der Waals surface area contributed by atoms with Crippen LogP contribution in [-0.4, -0.2) is 10.5 Å². The van der Waals surface area contributed by atoms with Crippen LogP contribution in [0.5, 0.6) is 0 Å². The molecule has 1 aromatic heterocycles. The zero-order chi connectivity index (χ0) is 24.3. The molecule has 1 atom stereocenters. The quantitative estimate of drug-likeness (QED) is 0.247. The third-order valence-corrected chi connectivity index (χ3v) is 7.71. The second-order valence-corrected chi connectivity index (χ2v) is 9.73. The van der Waals surface area contributed by atoms with Gasteiger partial charge in [0, 0.05) is 29.1 Å². The largest absolute Gasteiger partial charge is 0.343 e. The van der Waals surface area contributed by atoms with Crippen molar-refractivity contribution in [2.45, 2.75) is 13.0 Å². The summed E-state index contributed by atoms with van der Waals surface area (Å²) in [4.78, 5) is 15.7. The molecular formula is C30H22Cl2N2O. The van der Waals surface area contributed by atoms with Crippen LogP contribution in [0.4, 0.5) is 5.69 Å². The minimum absolute atomic E-state index is 0.0856. The van der Waals surface area contributed by atoms with E-state index in [9.17, 15) is 4.79 Å². The fourth-order valence-electron chi connectivity index (χ4n) is 5.29. The lowest BCUT2D eigenvalue weighted by Gasteiger charge is -2.28. The summed E-state index contributed by atoms with van der Waals surface area (Å²) in [5.41, 5.74) is 7.78. The van der Waals surface area contributed by atoms with Crippen LogP contribution >= 0.6 is 23.2 Å². The van der Waals surface area contributed by atoms with Crippen LogP contribution < -0.4 is 4.90 Å². The van der Waals surface area contributed by atoms with Crippen molar-refractivity contribution < 1.29 is 4.79 Å². The molecule has 6 rings (SSSR count). The number of hydrogen-bond acceptors (Lipinski definition) is 1. The SMILES string of the molecule is Cc1ccc(-c2c(C3c4ccccc4C(=O)N3c3cccc(Cl)c3Cl)c3ccccc3n2C)cc1. The molecule has 1 unspecified atom stereocenters. The topological polar surface area (TPSA) is 25.2 Å². The van der Waals surface area contributed by atoms with Gasteiger partial charge in [0.15, 0.2) is 0 Å². The Hall–Kier alpha value is -3.53. The lowest BCUT2D eigenvalue weighted by molar-refractivity contribution is 0.0993. The second-order valence-electron chi connectivity index (χ2n) is 8.94. The molecule has 5 heteroatoms. The van der Waals surface area contributed by atoms with Crippen molar-refractivity contribution in [3.8, 4) is 11.3 Å². The molecule has 5 aromatic rings. The fourth-order valence-corrected chi connectivity index (χ4v) is 5.67. The van der Waals surface area contributed by atoms with Gasteiger partial charge in [-0.2, -0.15) is 0 Å². The van der Waals surface area contributed by atoms with Crippen LogP contribution in [0.25, 0.3) is 22.2 Å². The zero-order valence-electron chi connectivity index (χ0n) is 19.3. The number of hydrogen-bond donors (Lipinski definition) is 0. The number of anilines is 1. The van der Waals surface area contributed by atoms with E-state index in [1.54, 1.807) is 11.0 Å². The molecule has 35 heavy (non-hydrogen) atoms. The molecule has 0 N–H and O–H groups in total. The van der Waals surface area contributed by atoms with Crippen molar-refractivity contribution in [3.63, 3.8) is 0 Å². The van der Waals surface area contributed by atoms with E-state index in [1.807, 2.05) is 48.5 Å². The number of carbonyl (C=O) groups excluding carboxylic acids is 1. The van der Waals surface area contributed by atoms with Gasteiger partial charge in [0.25, 0.3) is 5.91 Å².